The summed E-state index contributed by atoms with van der Waals surface area (Å²) in [5, 5.41) is 9.67. The van der Waals surface area contributed by atoms with Gasteiger partial charge in [-0.05, 0) is 34.1 Å². The molecule has 1 fully saturated rings. The van der Waals surface area contributed by atoms with E-state index in [1.807, 2.05) is 13.8 Å². The van der Waals surface area contributed by atoms with E-state index in [1.165, 1.54) is 13.8 Å². The predicted molar refractivity (Wildman–Crippen MR) is 45.7 cm³/mol. The van der Waals surface area contributed by atoms with Crippen LogP contribution in [0.1, 0.15) is 34.1 Å². The van der Waals surface area contributed by atoms with E-state index in [4.69, 9.17) is 9.78 Å². The van der Waals surface area contributed by atoms with E-state index in [9.17, 15) is 9.90 Å². The summed E-state index contributed by atoms with van der Waals surface area (Å²) in [4.78, 5) is 21.0. The van der Waals surface area contributed by atoms with E-state index in [2.05, 4.69) is 0 Å². The van der Waals surface area contributed by atoms with Gasteiger partial charge < -0.3 is 5.11 Å². The maximum Gasteiger partial charge on any atom is 0.206 e. The number of rotatable bonds is 1. The summed E-state index contributed by atoms with van der Waals surface area (Å²) in [6, 6.07) is 0. The first-order chi connectivity index (χ1) is 5.75. The molecule has 1 aliphatic heterocycles. The van der Waals surface area contributed by atoms with Gasteiger partial charge in [0, 0.05) is 0 Å². The average molecular weight is 188 g/mol. The Balaban J connectivity index is 2.82. The zero-order valence-electron chi connectivity index (χ0n) is 8.46. The number of ketones is 1. The molecule has 0 radical (unpaired) electrons. The van der Waals surface area contributed by atoms with Crippen molar-refractivity contribution in [3.05, 3.63) is 0 Å². The number of carbonyl (C=O) groups excluding carboxylic acids is 1. The monoisotopic (exact) mass is 188 g/mol. The molecule has 1 heterocycles. The van der Waals surface area contributed by atoms with E-state index in [0.29, 0.717) is 6.42 Å². The minimum atomic E-state index is -1.50. The summed E-state index contributed by atoms with van der Waals surface area (Å²) in [6.07, 6.45) is 0.468. The van der Waals surface area contributed by atoms with Crippen LogP contribution in [0.3, 0.4) is 0 Å². The van der Waals surface area contributed by atoms with Crippen molar-refractivity contribution in [3.63, 3.8) is 0 Å². The molecule has 0 bridgehead atoms. The maximum absolute atomic E-state index is 11.2. The van der Waals surface area contributed by atoms with Crippen LogP contribution in [0.25, 0.3) is 0 Å². The molecular formula is C9H16O4. The highest BCUT2D eigenvalue weighted by molar-refractivity contribution is 5.79. The summed E-state index contributed by atoms with van der Waals surface area (Å²) < 4.78 is 0. The Hall–Kier alpha value is -0.450. The quantitative estimate of drug-likeness (QED) is 0.624. The third-order valence-electron chi connectivity index (χ3n) is 2.27. The lowest BCUT2D eigenvalue weighted by atomic mass is 9.84. The zero-order valence-corrected chi connectivity index (χ0v) is 8.46. The Labute approximate surface area is 77.8 Å². The number of hydrogen-bond acceptors (Lipinski definition) is 4. The van der Waals surface area contributed by atoms with Crippen LogP contribution < -0.4 is 0 Å². The molecule has 4 nitrogen and oxygen atoms in total. The molecule has 0 saturated carbocycles. The summed E-state index contributed by atoms with van der Waals surface area (Å²) in [5.41, 5.74) is -0.515. The Bertz CT molecular complexity index is 220. The normalized spacial score (nSPS) is 38.7. The van der Waals surface area contributed by atoms with E-state index >= 15 is 0 Å². The fourth-order valence-corrected chi connectivity index (χ4v) is 1.49. The minimum absolute atomic E-state index is 0.0821. The third kappa shape index (κ3) is 2.27. The summed E-state index contributed by atoms with van der Waals surface area (Å²) >= 11 is 0. The van der Waals surface area contributed by atoms with Gasteiger partial charge in [-0.2, -0.15) is 0 Å². The lowest BCUT2D eigenvalue weighted by molar-refractivity contribution is -0.485. The summed E-state index contributed by atoms with van der Waals surface area (Å²) in [5.74, 6) is -2.10. The largest absolute Gasteiger partial charge is 0.363 e. The molecule has 2 unspecified atom stereocenters. The molecular weight excluding hydrogens is 172 g/mol. The van der Waals surface area contributed by atoms with Crippen molar-refractivity contribution in [1.29, 1.82) is 0 Å². The average Bonchev–Trinajstić information content (AvgIpc) is 1.95. The number of hydrogen-bond donors (Lipinski definition) is 1. The smallest absolute Gasteiger partial charge is 0.206 e. The highest BCUT2D eigenvalue weighted by Crippen LogP contribution is 2.36. The predicted octanol–water partition coefficient (Wildman–Crippen LogP) is 1.03. The van der Waals surface area contributed by atoms with Crippen molar-refractivity contribution >= 4 is 5.78 Å². The summed E-state index contributed by atoms with van der Waals surface area (Å²) in [7, 11) is 0. The molecule has 76 valence electrons. The van der Waals surface area contributed by atoms with E-state index < -0.39 is 17.3 Å². The topological polar surface area (TPSA) is 55.8 Å². The van der Waals surface area contributed by atoms with Crippen LogP contribution in [-0.4, -0.2) is 22.3 Å². The van der Waals surface area contributed by atoms with Gasteiger partial charge in [-0.25, -0.2) is 9.78 Å². The van der Waals surface area contributed by atoms with E-state index in [-0.39, 0.29) is 5.78 Å². The molecule has 2 atom stereocenters. The van der Waals surface area contributed by atoms with Crippen molar-refractivity contribution < 1.29 is 19.7 Å². The van der Waals surface area contributed by atoms with Gasteiger partial charge in [0.15, 0.2) is 0 Å². The van der Waals surface area contributed by atoms with Gasteiger partial charge in [0.2, 0.25) is 5.79 Å². The molecule has 0 aromatic carbocycles. The Morgan fingerprint density at radius 2 is 1.92 bits per heavy atom. The lowest BCUT2D eigenvalue weighted by Gasteiger charge is -2.41. The molecule has 1 rings (SSSR count). The van der Waals surface area contributed by atoms with Crippen molar-refractivity contribution in [2.45, 2.75) is 45.5 Å². The number of Topliss-reactive ketones (excluding diaryl/α,β-unsaturated/α-hetero) is 1. The van der Waals surface area contributed by atoms with Crippen molar-refractivity contribution in [2.75, 3.05) is 0 Å². The molecule has 4 heteroatoms. The first-order valence-corrected chi connectivity index (χ1v) is 4.34. The summed E-state index contributed by atoms with van der Waals surface area (Å²) in [6.45, 7) is 6.52. The van der Waals surface area contributed by atoms with Crippen LogP contribution in [0.15, 0.2) is 0 Å². The van der Waals surface area contributed by atoms with Crippen LogP contribution in [0, 0.1) is 5.92 Å². The van der Waals surface area contributed by atoms with E-state index in [0.717, 1.165) is 0 Å². The van der Waals surface area contributed by atoms with Gasteiger partial charge in [-0.3, -0.25) is 4.79 Å². The number of carbonyl (C=O) groups is 1. The molecule has 0 amide bonds. The fourth-order valence-electron chi connectivity index (χ4n) is 1.49. The highest BCUT2D eigenvalue weighted by atomic mass is 17.2. The Morgan fingerprint density at radius 1 is 1.38 bits per heavy atom. The van der Waals surface area contributed by atoms with Gasteiger partial charge in [0.25, 0.3) is 0 Å². The molecule has 1 aliphatic rings. The van der Waals surface area contributed by atoms with Crippen LogP contribution in [0.2, 0.25) is 0 Å². The van der Waals surface area contributed by atoms with Crippen LogP contribution in [0.5, 0.6) is 0 Å². The Morgan fingerprint density at radius 3 is 2.31 bits per heavy atom. The van der Waals surface area contributed by atoms with Gasteiger partial charge in [-0.15, -0.1) is 0 Å². The minimum Gasteiger partial charge on any atom is -0.363 e. The van der Waals surface area contributed by atoms with E-state index in [1.54, 1.807) is 0 Å². The van der Waals surface area contributed by atoms with Crippen molar-refractivity contribution in [3.8, 4) is 0 Å². The molecule has 0 aromatic rings. The van der Waals surface area contributed by atoms with Crippen LogP contribution in [0.4, 0.5) is 0 Å². The zero-order chi connectivity index (χ0) is 10.3. The van der Waals surface area contributed by atoms with Gasteiger partial charge in [-0.1, -0.05) is 0 Å². The van der Waals surface area contributed by atoms with Crippen LogP contribution >= 0.6 is 0 Å². The maximum atomic E-state index is 11.2. The fraction of sp³-hybridized carbons (Fsp3) is 0.889. The second-order valence-electron chi connectivity index (χ2n) is 4.35. The third-order valence-corrected chi connectivity index (χ3v) is 2.27. The van der Waals surface area contributed by atoms with Crippen molar-refractivity contribution in [2.24, 2.45) is 5.92 Å². The first-order valence-electron chi connectivity index (χ1n) is 4.34. The molecule has 1 N–H and O–H groups in total. The lowest BCUT2D eigenvalue weighted by Crippen LogP contribution is -2.51. The SMILES string of the molecule is CC(=O)C1CC(C)(C)OOC1(C)O. The highest BCUT2D eigenvalue weighted by Gasteiger charge is 2.47. The van der Waals surface area contributed by atoms with Crippen LogP contribution in [-0.2, 0) is 14.6 Å². The molecule has 0 aliphatic carbocycles. The molecule has 0 spiro atoms. The van der Waals surface area contributed by atoms with Gasteiger partial charge >= 0.3 is 0 Å². The molecule has 13 heavy (non-hydrogen) atoms. The standard InChI is InChI=1S/C9H16O4/c1-6(10)7-5-8(2,3)12-13-9(7,4)11/h7,11H,5H2,1-4H3. The number of aliphatic hydroxyl groups is 1. The second kappa shape index (κ2) is 3.04. The second-order valence-corrected chi connectivity index (χ2v) is 4.35. The van der Waals surface area contributed by atoms with Gasteiger partial charge in [0.05, 0.1) is 11.5 Å². The Kier molecular flexibility index (Phi) is 2.49. The molecule has 1 saturated heterocycles. The molecule has 0 aromatic heterocycles. The first kappa shape index (κ1) is 10.6. The van der Waals surface area contributed by atoms with Gasteiger partial charge in [0.1, 0.15) is 5.78 Å². The van der Waals surface area contributed by atoms with Crippen molar-refractivity contribution in [1.82, 2.24) is 0 Å².